The van der Waals surface area contributed by atoms with E-state index in [1.54, 1.807) is 0 Å². The van der Waals surface area contributed by atoms with Crippen molar-refractivity contribution < 1.29 is 23.0 Å². The summed E-state index contributed by atoms with van der Waals surface area (Å²) in [6, 6.07) is 0. The van der Waals surface area contributed by atoms with Gasteiger partial charge in [-0.2, -0.15) is 13.9 Å². The second-order valence-corrected chi connectivity index (χ2v) is 1.59. The molecule has 1 radical (unpaired) electrons. The minimum Gasteiger partial charge on any atom is -0.271 e. The van der Waals surface area contributed by atoms with E-state index in [-0.39, 0.29) is 0 Å². The molecule has 0 fully saturated rings. The van der Waals surface area contributed by atoms with Crippen LogP contribution in [0, 0.1) is 0 Å². The highest BCUT2D eigenvalue weighted by molar-refractivity contribution is 6.20. The third-order valence-corrected chi connectivity index (χ3v) is 0.480. The van der Waals surface area contributed by atoms with Crippen LogP contribution in [0.4, 0.5) is 13.2 Å². The highest BCUT2D eigenvalue weighted by Gasteiger charge is 2.30. The highest BCUT2D eigenvalue weighted by atomic mass is 35.5. The lowest BCUT2D eigenvalue weighted by Gasteiger charge is -2.09. The number of ether oxygens (including phenoxy) is 1. The maximum atomic E-state index is 11.3. The van der Waals surface area contributed by atoms with Gasteiger partial charge in [-0.25, -0.2) is 4.39 Å². The molecule has 9 heavy (non-hydrogen) atoms. The second-order valence-electron chi connectivity index (χ2n) is 1.15. The molecular weight excluding hydrogens is 160 g/mol. The summed E-state index contributed by atoms with van der Waals surface area (Å²) in [6.07, 6.45) is -2.41. The lowest BCUT2D eigenvalue weighted by Crippen LogP contribution is -2.22. The van der Waals surface area contributed by atoms with Gasteiger partial charge >= 0.3 is 5.57 Å². The summed E-state index contributed by atoms with van der Waals surface area (Å²) < 4.78 is 36.8. The van der Waals surface area contributed by atoms with Crippen LogP contribution in [0.2, 0.25) is 0 Å². The van der Waals surface area contributed by atoms with Gasteiger partial charge in [0.1, 0.15) is 6.67 Å². The van der Waals surface area contributed by atoms with Crippen LogP contribution in [0.15, 0.2) is 0 Å². The van der Waals surface area contributed by atoms with Gasteiger partial charge in [0.2, 0.25) is 6.29 Å². The molecule has 0 N–H and O–H groups in total. The number of rotatable bonds is 3. The van der Waals surface area contributed by atoms with Crippen LogP contribution >= 0.6 is 11.6 Å². The van der Waals surface area contributed by atoms with Gasteiger partial charge in [-0.1, -0.05) is 0 Å². The van der Waals surface area contributed by atoms with Crippen LogP contribution in [0.3, 0.4) is 0 Å². The summed E-state index contributed by atoms with van der Waals surface area (Å²) in [5, 5.41) is 9.75. The number of hydrogen-bond acceptors (Lipinski definition) is 1. The minimum absolute atomic E-state index is 1.53. The Hall–Kier alpha value is -0.0000000000000000555. The average Bonchev–Trinajstić information content (AvgIpc) is 1.62. The van der Waals surface area contributed by atoms with E-state index in [0.29, 0.717) is 0 Å². The van der Waals surface area contributed by atoms with Gasteiger partial charge in [0, 0.05) is 0 Å². The van der Waals surface area contributed by atoms with Crippen molar-refractivity contribution in [1.82, 2.24) is 0 Å². The van der Waals surface area contributed by atoms with Crippen molar-refractivity contribution in [2.45, 2.75) is 11.9 Å². The molecular formula is C3H3ClF3O2. The van der Waals surface area contributed by atoms with Crippen LogP contribution in [-0.2, 0) is 9.84 Å². The first kappa shape index (κ1) is 9.00. The normalized spacial score (nSPS) is 15.7. The van der Waals surface area contributed by atoms with Crippen LogP contribution in [0.25, 0.3) is 0 Å². The molecule has 0 aliphatic heterocycles. The van der Waals surface area contributed by atoms with Crippen LogP contribution < -0.4 is 0 Å². The molecule has 0 heterocycles. The van der Waals surface area contributed by atoms with E-state index in [2.05, 4.69) is 16.3 Å². The molecule has 0 bridgehead atoms. The molecule has 0 saturated carbocycles. The first-order valence-corrected chi connectivity index (χ1v) is 2.30. The van der Waals surface area contributed by atoms with E-state index in [4.69, 9.17) is 0 Å². The van der Waals surface area contributed by atoms with Crippen molar-refractivity contribution in [3.63, 3.8) is 0 Å². The van der Waals surface area contributed by atoms with E-state index in [1.165, 1.54) is 0 Å². The summed E-state index contributed by atoms with van der Waals surface area (Å²) in [5.74, 6) is 0. The molecule has 1 atom stereocenters. The largest absolute Gasteiger partial charge is 0.442 e. The fraction of sp³-hybridized carbons (Fsp3) is 1.00. The van der Waals surface area contributed by atoms with E-state index in [9.17, 15) is 18.3 Å². The summed E-state index contributed by atoms with van der Waals surface area (Å²) in [6.45, 7) is -1.53. The van der Waals surface area contributed by atoms with E-state index in [1.807, 2.05) is 0 Å². The van der Waals surface area contributed by atoms with E-state index in [0.717, 1.165) is 0 Å². The third-order valence-electron chi connectivity index (χ3n) is 0.391. The Balaban J connectivity index is 3.47. The Bertz CT molecular complexity index is 83.6. The maximum Gasteiger partial charge on any atom is 0.442 e. The van der Waals surface area contributed by atoms with Gasteiger partial charge in [-0.05, 0) is 11.6 Å². The van der Waals surface area contributed by atoms with Crippen molar-refractivity contribution in [3.8, 4) is 0 Å². The van der Waals surface area contributed by atoms with Crippen molar-refractivity contribution in [2.75, 3.05) is 6.67 Å². The van der Waals surface area contributed by atoms with E-state index >= 15 is 0 Å². The SMILES string of the molecule is [O]C(CF)OC(F)(F)Cl. The first-order valence-electron chi connectivity index (χ1n) is 1.92. The van der Waals surface area contributed by atoms with Crippen LogP contribution in [0.1, 0.15) is 0 Å². The Kier molecular flexibility index (Phi) is 3.24. The van der Waals surface area contributed by atoms with Gasteiger partial charge < -0.3 is 0 Å². The Labute approximate surface area is 54.2 Å². The van der Waals surface area contributed by atoms with Gasteiger partial charge in [-0.3, -0.25) is 4.74 Å². The van der Waals surface area contributed by atoms with Crippen molar-refractivity contribution in [2.24, 2.45) is 0 Å². The molecule has 0 aliphatic rings. The van der Waals surface area contributed by atoms with Gasteiger partial charge in [0.15, 0.2) is 0 Å². The molecule has 2 nitrogen and oxygen atoms in total. The topological polar surface area (TPSA) is 29.1 Å². The molecule has 0 aromatic rings. The highest BCUT2D eigenvalue weighted by Crippen LogP contribution is 2.21. The molecule has 0 aromatic carbocycles. The Morgan fingerprint density at radius 1 is 1.67 bits per heavy atom. The molecule has 0 spiro atoms. The predicted octanol–water partition coefficient (Wildman–Crippen LogP) is 1.52. The number of halogens is 4. The molecule has 1 unspecified atom stereocenters. The predicted molar refractivity (Wildman–Crippen MR) is 22.3 cm³/mol. The molecule has 6 heteroatoms. The molecule has 0 aliphatic carbocycles. The summed E-state index contributed by atoms with van der Waals surface area (Å²) in [5.41, 5.74) is -4.06. The van der Waals surface area contributed by atoms with E-state index < -0.39 is 18.5 Å². The summed E-state index contributed by atoms with van der Waals surface area (Å²) in [7, 11) is 0. The summed E-state index contributed by atoms with van der Waals surface area (Å²) in [4.78, 5) is 0. The van der Waals surface area contributed by atoms with Gasteiger partial charge in [0.25, 0.3) is 0 Å². The average molecular weight is 164 g/mol. The zero-order valence-corrected chi connectivity index (χ0v) is 4.87. The monoisotopic (exact) mass is 163 g/mol. The Morgan fingerprint density at radius 3 is 2.22 bits per heavy atom. The molecule has 55 valence electrons. The standard InChI is InChI=1S/C3H3ClF3O2/c4-3(6,7)9-2(8)1-5/h2H,1H2. The molecule has 0 saturated heterocycles. The zero-order chi connectivity index (χ0) is 7.49. The maximum absolute atomic E-state index is 11.3. The quantitative estimate of drug-likeness (QED) is 0.458. The second kappa shape index (κ2) is 3.24. The smallest absolute Gasteiger partial charge is 0.271 e. The molecule has 0 rings (SSSR count). The van der Waals surface area contributed by atoms with Crippen LogP contribution in [-0.4, -0.2) is 18.5 Å². The molecule has 0 amide bonds. The molecule has 0 aromatic heterocycles. The van der Waals surface area contributed by atoms with Crippen molar-refractivity contribution in [1.29, 1.82) is 0 Å². The number of hydrogen-bond donors (Lipinski definition) is 0. The van der Waals surface area contributed by atoms with Crippen molar-refractivity contribution in [3.05, 3.63) is 0 Å². The Morgan fingerprint density at radius 2 is 2.11 bits per heavy atom. The minimum atomic E-state index is -4.06. The first-order chi connectivity index (χ1) is 3.95. The van der Waals surface area contributed by atoms with Gasteiger partial charge in [-0.15, -0.1) is 0 Å². The lowest BCUT2D eigenvalue weighted by atomic mass is 10.7. The lowest BCUT2D eigenvalue weighted by molar-refractivity contribution is -0.276. The van der Waals surface area contributed by atoms with Gasteiger partial charge in [0.05, 0.1) is 0 Å². The van der Waals surface area contributed by atoms with Crippen LogP contribution in [0.5, 0.6) is 0 Å². The number of alkyl halides is 4. The zero-order valence-electron chi connectivity index (χ0n) is 4.11. The fourth-order valence-electron chi connectivity index (χ4n) is 0.181. The third kappa shape index (κ3) is 5.88. The summed E-state index contributed by atoms with van der Waals surface area (Å²) >= 11 is 4.08. The fourth-order valence-corrected chi connectivity index (χ4v) is 0.280. The van der Waals surface area contributed by atoms with Crippen molar-refractivity contribution >= 4 is 11.6 Å².